The molecule has 0 radical (unpaired) electrons. The van der Waals surface area contributed by atoms with Gasteiger partial charge >= 0.3 is 0 Å². The normalized spacial score (nSPS) is 29.1. The molecule has 3 rings (SSSR count). The predicted octanol–water partition coefficient (Wildman–Crippen LogP) is 3.35. The van der Waals surface area contributed by atoms with Gasteiger partial charge in [-0.2, -0.15) is 0 Å². The van der Waals surface area contributed by atoms with Crippen molar-refractivity contribution in [1.29, 1.82) is 0 Å². The molecule has 114 valence electrons. The minimum absolute atomic E-state index is 0.476. The summed E-state index contributed by atoms with van der Waals surface area (Å²) in [6.07, 6.45) is 10.0. The molecule has 1 aromatic carbocycles. The van der Waals surface area contributed by atoms with E-state index in [1.807, 2.05) is 19.2 Å². The number of ether oxygens (including phenoxy) is 2. The molecule has 2 heterocycles. The van der Waals surface area contributed by atoms with Gasteiger partial charge in [0.2, 0.25) is 0 Å². The molecule has 3 atom stereocenters. The maximum Gasteiger partial charge on any atom is 0.118 e. The van der Waals surface area contributed by atoms with E-state index in [0.717, 1.165) is 12.3 Å². The van der Waals surface area contributed by atoms with Crippen LogP contribution in [0.4, 0.5) is 0 Å². The van der Waals surface area contributed by atoms with Crippen molar-refractivity contribution in [3.63, 3.8) is 0 Å². The minimum atomic E-state index is 0.476. The highest BCUT2D eigenvalue weighted by Gasteiger charge is 2.39. The van der Waals surface area contributed by atoms with Gasteiger partial charge in [0.05, 0.1) is 13.2 Å². The molecule has 3 heteroatoms. The summed E-state index contributed by atoms with van der Waals surface area (Å²) in [5.74, 6) is 0.909. The van der Waals surface area contributed by atoms with Crippen molar-refractivity contribution in [2.24, 2.45) is 0 Å². The Bertz CT molecular complexity index is 468. The number of benzene rings is 1. The lowest BCUT2D eigenvalue weighted by Gasteiger charge is -2.37. The lowest BCUT2D eigenvalue weighted by molar-refractivity contribution is 0.0106. The number of fused-ring (bicyclic) bond motifs is 2. The molecule has 2 fully saturated rings. The molecule has 1 aromatic rings. The van der Waals surface area contributed by atoms with Crippen LogP contribution < -0.4 is 4.74 Å². The van der Waals surface area contributed by atoms with Crippen molar-refractivity contribution in [2.45, 2.75) is 43.9 Å². The highest BCUT2D eigenvalue weighted by Crippen LogP contribution is 2.36. The fourth-order valence-corrected chi connectivity index (χ4v) is 3.74. The second-order valence-corrected chi connectivity index (χ2v) is 6.09. The fraction of sp³-hybridized carbons (Fsp3) is 0.556. The third-order valence-corrected chi connectivity index (χ3v) is 4.92. The smallest absolute Gasteiger partial charge is 0.118 e. The number of methoxy groups -OCH3 is 2. The Labute approximate surface area is 127 Å². The first-order valence-electron chi connectivity index (χ1n) is 7.89. The van der Waals surface area contributed by atoms with E-state index in [4.69, 9.17) is 9.47 Å². The topological polar surface area (TPSA) is 21.7 Å². The zero-order valence-electron chi connectivity index (χ0n) is 13.0. The Morgan fingerprint density at radius 3 is 2.33 bits per heavy atom. The summed E-state index contributed by atoms with van der Waals surface area (Å²) in [6, 6.07) is 9.65. The van der Waals surface area contributed by atoms with Gasteiger partial charge in [0, 0.05) is 25.7 Å². The zero-order chi connectivity index (χ0) is 14.7. The van der Waals surface area contributed by atoms with Gasteiger partial charge < -0.3 is 9.47 Å². The maximum absolute atomic E-state index is 5.56. The third kappa shape index (κ3) is 3.30. The molecule has 3 nitrogen and oxygen atoms in total. The van der Waals surface area contributed by atoms with Gasteiger partial charge in [0.15, 0.2) is 0 Å². The standard InChI is InChI=1S/C18H25NO2/c1-20-17-9-5-14(6-10-17)4-3-11-19-15-7-8-16(19)13-18(12-15)21-2/h3-6,9-10,15-16,18H,7-8,11-13H2,1-2H3/b4-3+/t15-,16+,18?. The van der Waals surface area contributed by atoms with E-state index < -0.39 is 0 Å². The number of piperidine rings is 1. The van der Waals surface area contributed by atoms with Crippen LogP contribution in [0.5, 0.6) is 5.75 Å². The summed E-state index contributed by atoms with van der Waals surface area (Å²) in [6.45, 7) is 1.05. The molecule has 2 aliphatic rings. The molecule has 0 aromatic heterocycles. The van der Waals surface area contributed by atoms with E-state index in [1.54, 1.807) is 7.11 Å². The number of hydrogen-bond donors (Lipinski definition) is 0. The highest BCUT2D eigenvalue weighted by atomic mass is 16.5. The van der Waals surface area contributed by atoms with Crippen molar-refractivity contribution < 1.29 is 9.47 Å². The molecule has 0 spiro atoms. The number of nitrogens with zero attached hydrogens (tertiary/aromatic N) is 1. The fourth-order valence-electron chi connectivity index (χ4n) is 3.74. The summed E-state index contributed by atoms with van der Waals surface area (Å²) in [7, 11) is 3.55. The summed E-state index contributed by atoms with van der Waals surface area (Å²) in [5, 5.41) is 0. The van der Waals surface area contributed by atoms with Gasteiger partial charge in [-0.05, 0) is 43.4 Å². The second kappa shape index (κ2) is 6.63. The summed E-state index contributed by atoms with van der Waals surface area (Å²) in [4.78, 5) is 2.66. The Morgan fingerprint density at radius 2 is 1.76 bits per heavy atom. The van der Waals surface area contributed by atoms with Crippen LogP contribution in [0.25, 0.3) is 6.08 Å². The molecular weight excluding hydrogens is 262 g/mol. The van der Waals surface area contributed by atoms with Crippen LogP contribution >= 0.6 is 0 Å². The van der Waals surface area contributed by atoms with Gasteiger partial charge in [-0.3, -0.25) is 4.90 Å². The van der Waals surface area contributed by atoms with E-state index in [-0.39, 0.29) is 0 Å². The van der Waals surface area contributed by atoms with Gasteiger partial charge in [0.25, 0.3) is 0 Å². The molecule has 0 aliphatic carbocycles. The molecule has 0 N–H and O–H groups in total. The average molecular weight is 287 g/mol. The third-order valence-electron chi connectivity index (χ3n) is 4.92. The first-order valence-corrected chi connectivity index (χ1v) is 7.89. The first-order chi connectivity index (χ1) is 10.3. The van der Waals surface area contributed by atoms with Gasteiger partial charge in [0.1, 0.15) is 5.75 Å². The summed E-state index contributed by atoms with van der Waals surface area (Å²) in [5.41, 5.74) is 1.23. The lowest BCUT2D eigenvalue weighted by atomic mass is 9.99. The molecule has 0 saturated carbocycles. The maximum atomic E-state index is 5.56. The van der Waals surface area contributed by atoms with Crippen molar-refractivity contribution >= 4 is 6.08 Å². The largest absolute Gasteiger partial charge is 0.497 e. The molecule has 21 heavy (non-hydrogen) atoms. The van der Waals surface area contributed by atoms with Crippen LogP contribution in [0.2, 0.25) is 0 Å². The van der Waals surface area contributed by atoms with Crippen LogP contribution in [-0.4, -0.2) is 43.9 Å². The van der Waals surface area contributed by atoms with E-state index in [0.29, 0.717) is 18.2 Å². The molecule has 0 amide bonds. The van der Waals surface area contributed by atoms with Crippen molar-refractivity contribution in [2.75, 3.05) is 20.8 Å². The Balaban J connectivity index is 1.56. The van der Waals surface area contributed by atoms with E-state index >= 15 is 0 Å². The van der Waals surface area contributed by atoms with E-state index in [9.17, 15) is 0 Å². The first kappa shape index (κ1) is 14.6. The van der Waals surface area contributed by atoms with E-state index in [2.05, 4.69) is 29.2 Å². The second-order valence-electron chi connectivity index (χ2n) is 6.09. The van der Waals surface area contributed by atoms with Crippen molar-refractivity contribution in [3.05, 3.63) is 35.9 Å². The number of hydrogen-bond acceptors (Lipinski definition) is 3. The van der Waals surface area contributed by atoms with Crippen LogP contribution in [0.15, 0.2) is 30.3 Å². The van der Waals surface area contributed by atoms with Crippen LogP contribution in [-0.2, 0) is 4.74 Å². The summed E-state index contributed by atoms with van der Waals surface area (Å²) < 4.78 is 10.7. The quantitative estimate of drug-likeness (QED) is 0.829. The predicted molar refractivity (Wildman–Crippen MR) is 85.6 cm³/mol. The zero-order valence-corrected chi connectivity index (χ0v) is 13.0. The van der Waals surface area contributed by atoms with Gasteiger partial charge in [-0.15, -0.1) is 0 Å². The molecule has 2 saturated heterocycles. The Morgan fingerprint density at radius 1 is 1.10 bits per heavy atom. The van der Waals surface area contributed by atoms with Crippen LogP contribution in [0, 0.1) is 0 Å². The van der Waals surface area contributed by atoms with Crippen molar-refractivity contribution in [3.8, 4) is 5.75 Å². The van der Waals surface area contributed by atoms with Gasteiger partial charge in [-0.1, -0.05) is 24.3 Å². The molecule has 2 bridgehead atoms. The highest BCUT2D eigenvalue weighted by molar-refractivity contribution is 5.50. The van der Waals surface area contributed by atoms with E-state index in [1.165, 1.54) is 31.2 Å². The average Bonchev–Trinajstić information content (AvgIpc) is 2.77. The Kier molecular flexibility index (Phi) is 4.61. The van der Waals surface area contributed by atoms with Crippen LogP contribution in [0.3, 0.4) is 0 Å². The lowest BCUT2D eigenvalue weighted by Crippen LogP contribution is -2.45. The molecular formula is C18H25NO2. The Hall–Kier alpha value is -1.32. The van der Waals surface area contributed by atoms with Crippen molar-refractivity contribution in [1.82, 2.24) is 4.90 Å². The van der Waals surface area contributed by atoms with Crippen LogP contribution in [0.1, 0.15) is 31.2 Å². The molecule has 2 aliphatic heterocycles. The number of rotatable bonds is 5. The summed E-state index contributed by atoms with van der Waals surface area (Å²) >= 11 is 0. The van der Waals surface area contributed by atoms with Gasteiger partial charge in [-0.25, -0.2) is 0 Å². The minimum Gasteiger partial charge on any atom is -0.497 e. The monoisotopic (exact) mass is 287 g/mol. The molecule has 1 unspecified atom stereocenters. The SMILES string of the molecule is COc1ccc(/C=C/CN2[C@@H]3CC[C@H]2CC(OC)C3)cc1.